The second-order valence-electron chi connectivity index (χ2n) is 6.32. The van der Waals surface area contributed by atoms with E-state index in [1.807, 2.05) is 30.1 Å². The predicted molar refractivity (Wildman–Crippen MR) is 111 cm³/mol. The van der Waals surface area contributed by atoms with E-state index in [4.69, 9.17) is 10.2 Å². The van der Waals surface area contributed by atoms with Crippen LogP contribution in [-0.4, -0.2) is 61.4 Å². The van der Waals surface area contributed by atoms with Crippen molar-refractivity contribution < 1.29 is 32.6 Å². The highest BCUT2D eigenvalue weighted by molar-refractivity contribution is 7.91. The smallest absolute Gasteiger partial charge is 0.328 e. The molecule has 2 aromatic carbocycles. The van der Waals surface area contributed by atoms with Crippen molar-refractivity contribution in [2.24, 2.45) is 0 Å². The Kier molecular flexibility index (Phi) is 10.4. The van der Waals surface area contributed by atoms with E-state index >= 15 is 0 Å². The highest BCUT2D eigenvalue weighted by atomic mass is 32.2. The van der Waals surface area contributed by atoms with Gasteiger partial charge in [0.2, 0.25) is 0 Å². The number of sulfone groups is 1. The van der Waals surface area contributed by atoms with Crippen molar-refractivity contribution in [2.75, 3.05) is 25.9 Å². The Labute approximate surface area is 175 Å². The van der Waals surface area contributed by atoms with Crippen molar-refractivity contribution in [2.45, 2.75) is 11.3 Å². The SMILES string of the molecule is CN(CCc1ccccc1)CCS(=O)(=O)c1ccc(F)cc1.O=C(O)C=CC(=O)O. The molecule has 0 radical (unpaired) electrons. The Morgan fingerprint density at radius 1 is 0.933 bits per heavy atom. The van der Waals surface area contributed by atoms with Crippen LogP contribution in [0.15, 0.2) is 71.6 Å². The second-order valence-corrected chi connectivity index (χ2v) is 8.43. The number of likely N-dealkylation sites (N-methyl/N-ethyl adjacent to an activating group) is 1. The highest BCUT2D eigenvalue weighted by Crippen LogP contribution is 2.12. The molecule has 0 heterocycles. The number of aliphatic carboxylic acids is 2. The van der Waals surface area contributed by atoms with Crippen LogP contribution in [0.3, 0.4) is 0 Å². The number of carboxylic acids is 2. The molecule has 0 unspecified atom stereocenters. The fourth-order valence-electron chi connectivity index (χ4n) is 2.25. The van der Waals surface area contributed by atoms with Crippen LogP contribution in [0.5, 0.6) is 0 Å². The first-order valence-electron chi connectivity index (χ1n) is 8.95. The lowest BCUT2D eigenvalue weighted by Crippen LogP contribution is -2.27. The maximum atomic E-state index is 12.8. The van der Waals surface area contributed by atoms with E-state index in [1.54, 1.807) is 0 Å². The lowest BCUT2D eigenvalue weighted by Gasteiger charge is -2.16. The van der Waals surface area contributed by atoms with Gasteiger partial charge < -0.3 is 15.1 Å². The molecule has 0 atom stereocenters. The van der Waals surface area contributed by atoms with Crippen molar-refractivity contribution >= 4 is 21.8 Å². The van der Waals surface area contributed by atoms with Gasteiger partial charge in [-0.05, 0) is 43.3 Å². The summed E-state index contributed by atoms with van der Waals surface area (Å²) in [6.45, 7) is 1.25. The van der Waals surface area contributed by atoms with Gasteiger partial charge in [0.05, 0.1) is 10.6 Å². The molecule has 0 amide bonds. The summed E-state index contributed by atoms with van der Waals surface area (Å²) in [5.41, 5.74) is 1.23. The van der Waals surface area contributed by atoms with E-state index in [0.29, 0.717) is 18.7 Å². The lowest BCUT2D eigenvalue weighted by molar-refractivity contribution is -0.134. The fourth-order valence-corrected chi connectivity index (χ4v) is 3.59. The number of benzene rings is 2. The monoisotopic (exact) mass is 437 g/mol. The predicted octanol–water partition coefficient (Wildman–Crippen LogP) is 2.49. The Morgan fingerprint density at radius 3 is 1.97 bits per heavy atom. The number of halogens is 1. The summed E-state index contributed by atoms with van der Waals surface area (Å²) >= 11 is 0. The molecule has 0 saturated heterocycles. The Morgan fingerprint density at radius 2 is 1.47 bits per heavy atom. The summed E-state index contributed by atoms with van der Waals surface area (Å²) in [5, 5.41) is 15.6. The van der Waals surface area contributed by atoms with Gasteiger partial charge >= 0.3 is 11.9 Å². The average Bonchev–Trinajstić information content (AvgIpc) is 2.71. The minimum absolute atomic E-state index is 0.0317. The molecule has 2 rings (SSSR count). The molecular weight excluding hydrogens is 413 g/mol. The number of hydrogen-bond acceptors (Lipinski definition) is 5. The van der Waals surface area contributed by atoms with Crippen LogP contribution < -0.4 is 0 Å². The number of nitrogens with zero attached hydrogens (tertiary/aromatic N) is 1. The topological polar surface area (TPSA) is 112 Å². The molecule has 0 bridgehead atoms. The van der Waals surface area contributed by atoms with E-state index in [2.05, 4.69) is 12.1 Å². The Balaban J connectivity index is 0.000000479. The van der Waals surface area contributed by atoms with Crippen LogP contribution in [0.25, 0.3) is 0 Å². The summed E-state index contributed by atoms with van der Waals surface area (Å²) in [7, 11) is -1.46. The first kappa shape index (κ1) is 25.0. The normalized spacial score (nSPS) is 11.2. The van der Waals surface area contributed by atoms with Crippen molar-refractivity contribution in [1.29, 1.82) is 0 Å². The minimum atomic E-state index is -3.36. The minimum Gasteiger partial charge on any atom is -0.478 e. The van der Waals surface area contributed by atoms with E-state index < -0.39 is 27.6 Å². The van der Waals surface area contributed by atoms with Crippen molar-refractivity contribution in [3.63, 3.8) is 0 Å². The third-order valence-corrected chi connectivity index (χ3v) is 5.62. The molecule has 2 N–H and O–H groups in total. The molecule has 9 heteroatoms. The first-order chi connectivity index (χ1) is 14.1. The molecule has 0 aliphatic heterocycles. The molecule has 162 valence electrons. The first-order valence-corrected chi connectivity index (χ1v) is 10.6. The second kappa shape index (κ2) is 12.5. The van der Waals surface area contributed by atoms with Gasteiger partial charge in [0.15, 0.2) is 9.84 Å². The standard InChI is InChI=1S/C17H20FNO2S.C4H4O4/c1-19(12-11-15-5-3-2-4-6-15)13-14-22(20,21)17-9-7-16(18)8-10-17;5-3(6)1-2-4(7)8/h2-10H,11-14H2,1H3;1-2H,(H,5,6)(H,7,8). The zero-order chi connectivity index (χ0) is 22.6. The molecule has 0 aliphatic carbocycles. The van der Waals surface area contributed by atoms with Gasteiger partial charge in [-0.2, -0.15) is 0 Å². The molecule has 0 saturated carbocycles. The molecular formula is C21H24FNO6S. The number of hydrogen-bond donors (Lipinski definition) is 2. The molecule has 0 fully saturated rings. The molecule has 0 aromatic heterocycles. The highest BCUT2D eigenvalue weighted by Gasteiger charge is 2.15. The largest absolute Gasteiger partial charge is 0.478 e. The molecule has 2 aromatic rings. The van der Waals surface area contributed by atoms with E-state index in [0.717, 1.165) is 13.0 Å². The van der Waals surface area contributed by atoms with Gasteiger partial charge in [0.25, 0.3) is 0 Å². The third kappa shape index (κ3) is 10.5. The van der Waals surface area contributed by atoms with Crippen LogP contribution in [0.1, 0.15) is 5.56 Å². The maximum Gasteiger partial charge on any atom is 0.328 e. The summed E-state index contributed by atoms with van der Waals surface area (Å²) in [5.74, 6) is -2.91. The lowest BCUT2D eigenvalue weighted by atomic mass is 10.1. The van der Waals surface area contributed by atoms with Crippen molar-refractivity contribution in [3.05, 3.63) is 78.1 Å². The van der Waals surface area contributed by atoms with Crippen LogP contribution in [0.4, 0.5) is 4.39 Å². The summed E-state index contributed by atoms with van der Waals surface area (Å²) in [6.07, 6.45) is 2.00. The van der Waals surface area contributed by atoms with E-state index in [-0.39, 0.29) is 10.6 Å². The van der Waals surface area contributed by atoms with Gasteiger partial charge in [-0.25, -0.2) is 22.4 Å². The number of carbonyl (C=O) groups is 2. The van der Waals surface area contributed by atoms with Crippen LogP contribution in [0.2, 0.25) is 0 Å². The Bertz CT molecular complexity index is 927. The third-order valence-electron chi connectivity index (χ3n) is 3.91. The fraction of sp³-hybridized carbons (Fsp3) is 0.238. The van der Waals surface area contributed by atoms with Gasteiger partial charge in [-0.15, -0.1) is 0 Å². The Hall–Kier alpha value is -3.04. The number of carboxylic acid groups (broad SMARTS) is 2. The van der Waals surface area contributed by atoms with Crippen LogP contribution in [-0.2, 0) is 25.8 Å². The quantitative estimate of drug-likeness (QED) is 0.458. The van der Waals surface area contributed by atoms with E-state index in [9.17, 15) is 22.4 Å². The van der Waals surface area contributed by atoms with Crippen LogP contribution in [0, 0.1) is 5.82 Å². The van der Waals surface area contributed by atoms with E-state index in [1.165, 1.54) is 29.8 Å². The van der Waals surface area contributed by atoms with Crippen molar-refractivity contribution in [3.8, 4) is 0 Å². The molecule has 30 heavy (non-hydrogen) atoms. The zero-order valence-corrected chi connectivity index (χ0v) is 17.3. The molecule has 7 nitrogen and oxygen atoms in total. The summed E-state index contributed by atoms with van der Waals surface area (Å²) in [6, 6.07) is 15.1. The zero-order valence-electron chi connectivity index (χ0n) is 16.4. The van der Waals surface area contributed by atoms with Gasteiger partial charge in [-0.1, -0.05) is 30.3 Å². The maximum absolute atomic E-state index is 12.8. The summed E-state index contributed by atoms with van der Waals surface area (Å²) in [4.78, 5) is 21.3. The van der Waals surface area contributed by atoms with Gasteiger partial charge in [0, 0.05) is 25.2 Å². The molecule has 0 spiro atoms. The van der Waals surface area contributed by atoms with Crippen molar-refractivity contribution in [1.82, 2.24) is 4.90 Å². The van der Waals surface area contributed by atoms with Crippen LogP contribution >= 0.6 is 0 Å². The number of rotatable bonds is 9. The summed E-state index contributed by atoms with van der Waals surface area (Å²) < 4.78 is 37.2. The molecule has 0 aliphatic rings. The van der Waals surface area contributed by atoms with Gasteiger partial charge in [0.1, 0.15) is 5.82 Å². The van der Waals surface area contributed by atoms with Gasteiger partial charge in [-0.3, -0.25) is 0 Å². The average molecular weight is 437 g/mol.